The number of urea groups is 1. The maximum Gasteiger partial charge on any atom is 0.319 e. The van der Waals surface area contributed by atoms with Crippen molar-refractivity contribution in [2.75, 3.05) is 38.7 Å². The third-order valence-electron chi connectivity index (χ3n) is 5.95. The number of piperidine rings is 1. The first-order valence-corrected chi connectivity index (χ1v) is 9.87. The molecule has 1 aromatic carbocycles. The van der Waals surface area contributed by atoms with E-state index < -0.39 is 0 Å². The van der Waals surface area contributed by atoms with E-state index in [-0.39, 0.29) is 11.6 Å². The first-order chi connectivity index (χ1) is 12.5. The number of methoxy groups -OCH3 is 1. The van der Waals surface area contributed by atoms with Crippen molar-refractivity contribution in [1.82, 2.24) is 10.2 Å². The van der Waals surface area contributed by atoms with Crippen molar-refractivity contribution in [1.29, 1.82) is 0 Å². The highest BCUT2D eigenvalue weighted by Crippen LogP contribution is 2.33. The van der Waals surface area contributed by atoms with E-state index in [9.17, 15) is 4.79 Å². The Balaban J connectivity index is 1.58. The van der Waals surface area contributed by atoms with E-state index >= 15 is 0 Å². The zero-order chi connectivity index (χ0) is 18.6. The molecule has 0 unspecified atom stereocenters. The second kappa shape index (κ2) is 8.40. The third kappa shape index (κ3) is 5.21. The highest BCUT2D eigenvalue weighted by molar-refractivity contribution is 5.89. The van der Waals surface area contributed by atoms with Gasteiger partial charge in [-0.2, -0.15) is 0 Å². The molecule has 0 radical (unpaired) electrons. The summed E-state index contributed by atoms with van der Waals surface area (Å²) in [4.78, 5) is 15.2. The topological polar surface area (TPSA) is 53.6 Å². The number of amides is 2. The van der Waals surface area contributed by atoms with Gasteiger partial charge in [0.15, 0.2) is 0 Å². The fourth-order valence-corrected chi connectivity index (χ4v) is 3.79. The minimum Gasteiger partial charge on any atom is -0.385 e. The van der Waals surface area contributed by atoms with Crippen LogP contribution >= 0.6 is 0 Å². The van der Waals surface area contributed by atoms with E-state index in [1.807, 2.05) is 18.2 Å². The molecule has 5 heteroatoms. The number of nitrogens with one attached hydrogen (secondary N) is 2. The molecule has 2 aliphatic rings. The molecule has 1 heterocycles. The summed E-state index contributed by atoms with van der Waals surface area (Å²) in [5.74, 6) is 0.919. The number of aryl methyl sites for hydroxylation is 2. The molecular formula is C21H33N3O2. The predicted octanol–water partition coefficient (Wildman–Crippen LogP) is 3.71. The van der Waals surface area contributed by atoms with Crippen LogP contribution in [0.4, 0.5) is 10.5 Å². The maximum atomic E-state index is 12.6. The SMILES string of the molecule is COCCC1(NC(=O)Nc2ccc(C)c(C)c2)CCN(CC2CC2)CC1. The van der Waals surface area contributed by atoms with Gasteiger partial charge in [0.2, 0.25) is 0 Å². The molecule has 2 fully saturated rings. The van der Waals surface area contributed by atoms with E-state index in [0.29, 0.717) is 6.61 Å². The van der Waals surface area contributed by atoms with Gasteiger partial charge in [0.05, 0.1) is 0 Å². The Labute approximate surface area is 157 Å². The molecule has 1 saturated heterocycles. The van der Waals surface area contributed by atoms with Crippen molar-refractivity contribution in [2.24, 2.45) is 5.92 Å². The fraction of sp³-hybridized carbons (Fsp3) is 0.667. The zero-order valence-electron chi connectivity index (χ0n) is 16.4. The number of nitrogens with zero attached hydrogens (tertiary/aromatic N) is 1. The molecule has 5 nitrogen and oxygen atoms in total. The van der Waals surface area contributed by atoms with Gasteiger partial charge in [-0.15, -0.1) is 0 Å². The lowest BCUT2D eigenvalue weighted by molar-refractivity contribution is 0.0975. The second-order valence-corrected chi connectivity index (χ2v) is 8.15. The van der Waals surface area contributed by atoms with Crippen LogP contribution in [0.25, 0.3) is 0 Å². The van der Waals surface area contributed by atoms with E-state index in [4.69, 9.17) is 4.74 Å². The van der Waals surface area contributed by atoms with Gasteiger partial charge in [-0.25, -0.2) is 4.79 Å². The Bertz CT molecular complexity index is 620. The van der Waals surface area contributed by atoms with Crippen LogP contribution in [0.5, 0.6) is 0 Å². The van der Waals surface area contributed by atoms with Crippen LogP contribution in [0.15, 0.2) is 18.2 Å². The van der Waals surface area contributed by atoms with Gasteiger partial charge in [-0.1, -0.05) is 6.07 Å². The Morgan fingerprint density at radius 3 is 2.58 bits per heavy atom. The molecule has 0 bridgehead atoms. The Morgan fingerprint density at radius 2 is 1.96 bits per heavy atom. The Morgan fingerprint density at radius 1 is 1.23 bits per heavy atom. The Hall–Kier alpha value is -1.59. The minimum absolute atomic E-state index is 0.111. The minimum atomic E-state index is -0.167. The van der Waals surface area contributed by atoms with Crippen molar-refractivity contribution in [3.05, 3.63) is 29.3 Å². The summed E-state index contributed by atoms with van der Waals surface area (Å²) in [6.07, 6.45) is 5.62. The number of likely N-dealkylation sites (tertiary alicyclic amines) is 1. The fourth-order valence-electron chi connectivity index (χ4n) is 3.79. The lowest BCUT2D eigenvalue weighted by Crippen LogP contribution is -2.57. The van der Waals surface area contributed by atoms with Gasteiger partial charge in [-0.3, -0.25) is 0 Å². The molecule has 3 rings (SSSR count). The predicted molar refractivity (Wildman–Crippen MR) is 106 cm³/mol. The van der Waals surface area contributed by atoms with Crippen molar-refractivity contribution < 1.29 is 9.53 Å². The number of carbonyl (C=O) groups excluding carboxylic acids is 1. The normalized spacial score (nSPS) is 20.0. The monoisotopic (exact) mass is 359 g/mol. The summed E-state index contributed by atoms with van der Waals surface area (Å²) < 4.78 is 5.31. The summed E-state index contributed by atoms with van der Waals surface area (Å²) >= 11 is 0. The molecule has 2 N–H and O–H groups in total. The smallest absolute Gasteiger partial charge is 0.319 e. The molecule has 0 spiro atoms. The van der Waals surface area contributed by atoms with Crippen LogP contribution in [-0.2, 0) is 4.74 Å². The number of anilines is 1. The second-order valence-electron chi connectivity index (χ2n) is 8.15. The number of carbonyl (C=O) groups is 1. The molecule has 0 aromatic heterocycles. The van der Waals surface area contributed by atoms with Crippen LogP contribution in [0.3, 0.4) is 0 Å². The van der Waals surface area contributed by atoms with Crippen LogP contribution in [-0.4, -0.2) is 49.8 Å². The van der Waals surface area contributed by atoms with E-state index in [1.54, 1.807) is 7.11 Å². The van der Waals surface area contributed by atoms with Crippen molar-refractivity contribution in [3.63, 3.8) is 0 Å². The lowest BCUT2D eigenvalue weighted by Gasteiger charge is -2.42. The molecule has 0 atom stereocenters. The third-order valence-corrected chi connectivity index (χ3v) is 5.95. The molecule has 2 amide bonds. The summed E-state index contributed by atoms with van der Waals surface area (Å²) in [6, 6.07) is 5.92. The number of ether oxygens (including phenoxy) is 1. The highest BCUT2D eigenvalue weighted by atomic mass is 16.5. The van der Waals surface area contributed by atoms with Crippen molar-refractivity contribution >= 4 is 11.7 Å². The van der Waals surface area contributed by atoms with Crippen molar-refractivity contribution in [3.8, 4) is 0 Å². The summed E-state index contributed by atoms with van der Waals surface area (Å²) in [6.45, 7) is 8.17. The van der Waals surface area contributed by atoms with E-state index in [2.05, 4.69) is 29.4 Å². The molecule has 26 heavy (non-hydrogen) atoms. The quantitative estimate of drug-likeness (QED) is 0.780. The number of hydrogen-bond acceptors (Lipinski definition) is 3. The van der Waals surface area contributed by atoms with E-state index in [0.717, 1.165) is 44.0 Å². The van der Waals surface area contributed by atoms with Gasteiger partial charge >= 0.3 is 6.03 Å². The summed E-state index contributed by atoms with van der Waals surface area (Å²) in [5, 5.41) is 6.29. The largest absolute Gasteiger partial charge is 0.385 e. The highest BCUT2D eigenvalue weighted by Gasteiger charge is 2.37. The molecular weight excluding hydrogens is 326 g/mol. The van der Waals surface area contributed by atoms with Gasteiger partial charge in [-0.05, 0) is 75.1 Å². The number of hydrogen-bond donors (Lipinski definition) is 2. The average Bonchev–Trinajstić information content (AvgIpc) is 3.42. The molecule has 144 valence electrons. The van der Waals surface area contributed by atoms with Crippen LogP contribution in [0, 0.1) is 19.8 Å². The first-order valence-electron chi connectivity index (χ1n) is 9.87. The van der Waals surface area contributed by atoms with Crippen LogP contribution in [0.2, 0.25) is 0 Å². The summed E-state index contributed by atoms with van der Waals surface area (Å²) in [5.41, 5.74) is 3.10. The Kier molecular flexibility index (Phi) is 6.20. The molecule has 1 aliphatic heterocycles. The molecule has 1 aliphatic carbocycles. The van der Waals surface area contributed by atoms with Gasteiger partial charge in [0.25, 0.3) is 0 Å². The maximum absolute atomic E-state index is 12.6. The van der Waals surface area contributed by atoms with Gasteiger partial charge in [0, 0.05) is 44.6 Å². The average molecular weight is 360 g/mol. The first kappa shape index (κ1) is 19.2. The van der Waals surface area contributed by atoms with Crippen molar-refractivity contribution in [2.45, 2.75) is 51.5 Å². The van der Waals surface area contributed by atoms with Gasteiger partial charge < -0.3 is 20.3 Å². The van der Waals surface area contributed by atoms with Gasteiger partial charge in [0.1, 0.15) is 0 Å². The molecule has 1 saturated carbocycles. The number of benzene rings is 1. The standard InChI is InChI=1S/C21H33N3O2/c1-16-4-7-19(14-17(16)2)22-20(25)23-21(10-13-26-3)8-11-24(12-9-21)15-18-5-6-18/h4,7,14,18H,5-6,8-13,15H2,1-3H3,(H2,22,23,25). The van der Waals surface area contributed by atoms with Crippen LogP contribution in [0.1, 0.15) is 43.2 Å². The molecule has 1 aromatic rings. The van der Waals surface area contributed by atoms with Crippen LogP contribution < -0.4 is 10.6 Å². The van der Waals surface area contributed by atoms with E-state index in [1.165, 1.54) is 30.5 Å². The zero-order valence-corrected chi connectivity index (χ0v) is 16.4. The number of rotatable bonds is 7. The lowest BCUT2D eigenvalue weighted by atomic mass is 9.84. The summed E-state index contributed by atoms with van der Waals surface area (Å²) in [7, 11) is 1.73.